The molecule has 1 amide bonds. The van der Waals surface area contributed by atoms with Crippen molar-refractivity contribution in [2.45, 2.75) is 33.2 Å². The Morgan fingerprint density at radius 2 is 1.96 bits per heavy atom. The van der Waals surface area contributed by atoms with Crippen molar-refractivity contribution in [1.82, 2.24) is 10.1 Å². The van der Waals surface area contributed by atoms with Gasteiger partial charge in [-0.1, -0.05) is 30.3 Å². The van der Waals surface area contributed by atoms with Gasteiger partial charge < -0.3 is 14.7 Å². The lowest BCUT2D eigenvalue weighted by Crippen LogP contribution is -2.53. The van der Waals surface area contributed by atoms with Crippen molar-refractivity contribution in [3.05, 3.63) is 41.7 Å². The standard InChI is InChI=1S/C19H26N4O2/c1-4-16(19(24)20-18-13-15(3)25-21-18)22-9-11-23(12-10-22)17-8-6-5-7-14(17)2/h5-8,13,16H,4,9-12H2,1-3H3,(H,20,21,24)/t16-/m0/s1. The molecule has 3 rings (SSSR count). The van der Waals surface area contributed by atoms with E-state index in [0.717, 1.165) is 32.6 Å². The number of benzene rings is 1. The van der Waals surface area contributed by atoms with Gasteiger partial charge in [0.2, 0.25) is 5.91 Å². The third-order valence-electron chi connectivity index (χ3n) is 4.78. The summed E-state index contributed by atoms with van der Waals surface area (Å²) in [5, 5.41) is 6.71. The molecule has 1 aliphatic heterocycles. The van der Waals surface area contributed by atoms with Gasteiger partial charge in [0.1, 0.15) is 5.76 Å². The van der Waals surface area contributed by atoms with Crippen molar-refractivity contribution in [2.24, 2.45) is 0 Å². The van der Waals surface area contributed by atoms with Crippen LogP contribution >= 0.6 is 0 Å². The first-order valence-corrected chi connectivity index (χ1v) is 8.87. The molecule has 2 aromatic rings. The van der Waals surface area contributed by atoms with Gasteiger partial charge in [0.25, 0.3) is 0 Å². The second-order valence-electron chi connectivity index (χ2n) is 6.55. The van der Waals surface area contributed by atoms with Crippen LogP contribution in [0.25, 0.3) is 0 Å². The molecule has 25 heavy (non-hydrogen) atoms. The Morgan fingerprint density at radius 1 is 1.24 bits per heavy atom. The minimum atomic E-state index is -0.143. The number of aryl methyl sites for hydroxylation is 2. The van der Waals surface area contributed by atoms with Gasteiger partial charge in [0, 0.05) is 37.9 Å². The second-order valence-corrected chi connectivity index (χ2v) is 6.55. The Hall–Kier alpha value is -2.34. The van der Waals surface area contributed by atoms with E-state index >= 15 is 0 Å². The first-order chi connectivity index (χ1) is 12.1. The van der Waals surface area contributed by atoms with E-state index in [1.807, 2.05) is 13.8 Å². The number of nitrogens with one attached hydrogen (secondary N) is 1. The minimum Gasteiger partial charge on any atom is -0.369 e. The zero-order valence-electron chi connectivity index (χ0n) is 15.2. The monoisotopic (exact) mass is 342 g/mol. The molecule has 1 aromatic heterocycles. The topological polar surface area (TPSA) is 61.6 Å². The van der Waals surface area contributed by atoms with E-state index in [2.05, 4.69) is 51.5 Å². The van der Waals surface area contributed by atoms with Crippen LogP contribution < -0.4 is 10.2 Å². The number of carbonyl (C=O) groups excluding carboxylic acids is 1. The van der Waals surface area contributed by atoms with E-state index in [-0.39, 0.29) is 11.9 Å². The Morgan fingerprint density at radius 3 is 2.56 bits per heavy atom. The molecule has 0 saturated carbocycles. The average Bonchev–Trinajstić information content (AvgIpc) is 3.01. The van der Waals surface area contributed by atoms with Crippen LogP contribution in [0.4, 0.5) is 11.5 Å². The molecule has 2 heterocycles. The average molecular weight is 342 g/mol. The van der Waals surface area contributed by atoms with E-state index in [9.17, 15) is 4.79 Å². The van der Waals surface area contributed by atoms with E-state index in [0.29, 0.717) is 11.6 Å². The van der Waals surface area contributed by atoms with E-state index < -0.39 is 0 Å². The highest BCUT2D eigenvalue weighted by Gasteiger charge is 2.28. The number of carbonyl (C=O) groups is 1. The first-order valence-electron chi connectivity index (χ1n) is 8.87. The number of hydrogen-bond donors (Lipinski definition) is 1. The maximum Gasteiger partial charge on any atom is 0.242 e. The van der Waals surface area contributed by atoms with Crippen LogP contribution in [0.3, 0.4) is 0 Å². The number of amides is 1. The highest BCUT2D eigenvalue weighted by atomic mass is 16.5. The molecule has 1 aromatic carbocycles. The molecular formula is C19H26N4O2. The van der Waals surface area contributed by atoms with E-state index in [1.165, 1.54) is 11.3 Å². The van der Waals surface area contributed by atoms with Gasteiger partial charge >= 0.3 is 0 Å². The third-order valence-corrected chi connectivity index (χ3v) is 4.78. The van der Waals surface area contributed by atoms with E-state index in [1.54, 1.807) is 6.07 Å². The molecule has 1 atom stereocenters. The van der Waals surface area contributed by atoms with Crippen molar-refractivity contribution in [3.8, 4) is 0 Å². The van der Waals surface area contributed by atoms with Gasteiger partial charge in [-0.25, -0.2) is 0 Å². The summed E-state index contributed by atoms with van der Waals surface area (Å²) in [5.74, 6) is 1.16. The molecule has 0 bridgehead atoms. The molecule has 0 aliphatic carbocycles. The van der Waals surface area contributed by atoms with Gasteiger partial charge in [-0.2, -0.15) is 0 Å². The summed E-state index contributed by atoms with van der Waals surface area (Å²) >= 11 is 0. The lowest BCUT2D eigenvalue weighted by molar-refractivity contribution is -0.121. The summed E-state index contributed by atoms with van der Waals surface area (Å²) in [6.07, 6.45) is 0.771. The molecule has 0 unspecified atom stereocenters. The lowest BCUT2D eigenvalue weighted by Gasteiger charge is -2.39. The predicted octanol–water partition coefficient (Wildman–Crippen LogP) is 2.83. The summed E-state index contributed by atoms with van der Waals surface area (Å²) in [4.78, 5) is 17.3. The minimum absolute atomic E-state index is 0.0138. The summed E-state index contributed by atoms with van der Waals surface area (Å²) in [7, 11) is 0. The van der Waals surface area contributed by atoms with Crippen LogP contribution in [0, 0.1) is 13.8 Å². The van der Waals surface area contributed by atoms with Crippen molar-refractivity contribution < 1.29 is 9.32 Å². The molecular weight excluding hydrogens is 316 g/mol. The van der Waals surface area contributed by atoms with Crippen molar-refractivity contribution in [1.29, 1.82) is 0 Å². The molecule has 1 fully saturated rings. The SMILES string of the molecule is CC[C@@H](C(=O)Nc1cc(C)on1)N1CCN(c2ccccc2C)CC1. The molecule has 1 aliphatic rings. The maximum absolute atomic E-state index is 12.6. The number of piperazine rings is 1. The molecule has 0 spiro atoms. The normalized spacial score (nSPS) is 16.7. The van der Waals surface area contributed by atoms with Crippen molar-refractivity contribution in [2.75, 3.05) is 36.4 Å². The fraction of sp³-hybridized carbons (Fsp3) is 0.474. The highest BCUT2D eigenvalue weighted by molar-refractivity contribution is 5.94. The fourth-order valence-electron chi connectivity index (χ4n) is 3.44. The second kappa shape index (κ2) is 7.70. The number of aromatic nitrogens is 1. The number of para-hydroxylation sites is 1. The molecule has 1 N–H and O–H groups in total. The van der Waals surface area contributed by atoms with Crippen LogP contribution in [0.2, 0.25) is 0 Å². The quantitative estimate of drug-likeness (QED) is 0.905. The zero-order chi connectivity index (χ0) is 17.8. The Balaban J connectivity index is 1.60. The smallest absolute Gasteiger partial charge is 0.242 e. The van der Waals surface area contributed by atoms with Crippen molar-refractivity contribution >= 4 is 17.4 Å². The van der Waals surface area contributed by atoms with Crippen LogP contribution in [-0.4, -0.2) is 48.2 Å². The Labute approximate surface area is 148 Å². The Bertz CT molecular complexity index is 720. The molecule has 1 saturated heterocycles. The predicted molar refractivity (Wildman–Crippen MR) is 98.9 cm³/mol. The van der Waals surface area contributed by atoms with Gasteiger partial charge in [-0.05, 0) is 31.9 Å². The van der Waals surface area contributed by atoms with E-state index in [4.69, 9.17) is 4.52 Å². The maximum atomic E-state index is 12.6. The van der Waals surface area contributed by atoms with Crippen LogP contribution in [-0.2, 0) is 4.79 Å². The number of rotatable bonds is 5. The zero-order valence-corrected chi connectivity index (χ0v) is 15.2. The van der Waals surface area contributed by atoms with Gasteiger partial charge in [-0.15, -0.1) is 0 Å². The number of anilines is 2. The summed E-state index contributed by atoms with van der Waals surface area (Å²) in [6, 6.07) is 10.1. The van der Waals surface area contributed by atoms with Crippen LogP contribution in [0.15, 0.2) is 34.9 Å². The van der Waals surface area contributed by atoms with Crippen LogP contribution in [0.5, 0.6) is 0 Å². The molecule has 6 heteroatoms. The van der Waals surface area contributed by atoms with Gasteiger partial charge in [0.05, 0.1) is 6.04 Å². The highest BCUT2D eigenvalue weighted by Crippen LogP contribution is 2.22. The fourth-order valence-corrected chi connectivity index (χ4v) is 3.44. The molecule has 0 radical (unpaired) electrons. The van der Waals surface area contributed by atoms with Gasteiger partial charge in [-0.3, -0.25) is 9.69 Å². The Kier molecular flexibility index (Phi) is 5.38. The molecule has 134 valence electrons. The third kappa shape index (κ3) is 4.02. The lowest BCUT2D eigenvalue weighted by atomic mass is 10.1. The number of nitrogens with zero attached hydrogens (tertiary/aromatic N) is 3. The van der Waals surface area contributed by atoms with Crippen LogP contribution in [0.1, 0.15) is 24.7 Å². The van der Waals surface area contributed by atoms with Gasteiger partial charge in [0.15, 0.2) is 5.82 Å². The summed E-state index contributed by atoms with van der Waals surface area (Å²) in [5.41, 5.74) is 2.58. The summed E-state index contributed by atoms with van der Waals surface area (Å²) in [6.45, 7) is 9.60. The number of hydrogen-bond acceptors (Lipinski definition) is 5. The molecule has 6 nitrogen and oxygen atoms in total. The first kappa shape index (κ1) is 17.5. The van der Waals surface area contributed by atoms with Crippen molar-refractivity contribution in [3.63, 3.8) is 0 Å². The summed E-state index contributed by atoms with van der Waals surface area (Å²) < 4.78 is 5.01. The largest absolute Gasteiger partial charge is 0.369 e.